The molecular weight excluding hydrogens is 380 g/mol. The zero-order valence-electron chi connectivity index (χ0n) is 18.6. The Morgan fingerprint density at radius 2 is 2.00 bits per heavy atom. The molecule has 8 heteroatoms. The summed E-state index contributed by atoms with van der Waals surface area (Å²) in [5.41, 5.74) is 1.41. The van der Waals surface area contributed by atoms with Crippen molar-refractivity contribution >= 4 is 11.2 Å². The number of rotatable bonds is 4. The first kappa shape index (κ1) is 22.0. The highest BCUT2D eigenvalue weighted by molar-refractivity contribution is 5.70. The van der Waals surface area contributed by atoms with Crippen LogP contribution in [0.2, 0.25) is 0 Å². The summed E-state index contributed by atoms with van der Waals surface area (Å²) in [6.45, 7) is 7.40. The van der Waals surface area contributed by atoms with Crippen molar-refractivity contribution in [1.29, 1.82) is 0 Å². The zero-order chi connectivity index (χ0) is 21.9. The maximum atomic E-state index is 12.3. The van der Waals surface area contributed by atoms with Gasteiger partial charge in [-0.3, -0.25) is 18.9 Å². The molecule has 1 unspecified atom stereocenters. The lowest BCUT2D eigenvalue weighted by molar-refractivity contribution is 0.332. The summed E-state index contributed by atoms with van der Waals surface area (Å²) in [6.07, 6.45) is 9.91. The predicted octanol–water partition coefficient (Wildman–Crippen LogP) is 2.47. The molecule has 1 saturated heterocycles. The Hall–Kier alpha value is -2.74. The zero-order valence-corrected chi connectivity index (χ0v) is 18.6. The van der Waals surface area contributed by atoms with Gasteiger partial charge in [-0.15, -0.1) is 0 Å². The van der Waals surface area contributed by atoms with Crippen LogP contribution in [0, 0.1) is 0 Å². The van der Waals surface area contributed by atoms with Crippen molar-refractivity contribution in [1.82, 2.24) is 29.0 Å². The highest BCUT2D eigenvalue weighted by atomic mass is 16.2. The molecule has 0 amide bonds. The first-order valence-corrected chi connectivity index (χ1v) is 10.5. The Morgan fingerprint density at radius 3 is 2.60 bits per heavy atom. The van der Waals surface area contributed by atoms with E-state index in [2.05, 4.69) is 42.1 Å². The van der Waals surface area contributed by atoms with Crippen LogP contribution in [0.25, 0.3) is 11.2 Å². The molecule has 1 aliphatic heterocycles. The van der Waals surface area contributed by atoms with E-state index in [-0.39, 0.29) is 16.8 Å². The molecule has 4 rings (SSSR count). The Bertz CT molecular complexity index is 1100. The van der Waals surface area contributed by atoms with Crippen molar-refractivity contribution in [2.75, 3.05) is 6.54 Å². The van der Waals surface area contributed by atoms with Gasteiger partial charge < -0.3 is 9.88 Å². The Kier molecular flexibility index (Phi) is 6.55. The van der Waals surface area contributed by atoms with E-state index < -0.39 is 0 Å². The van der Waals surface area contributed by atoms with Crippen molar-refractivity contribution in [3.8, 4) is 0 Å². The van der Waals surface area contributed by atoms with Crippen molar-refractivity contribution < 1.29 is 0 Å². The summed E-state index contributed by atoms with van der Waals surface area (Å²) in [6, 6.07) is 4.69. The molecule has 1 N–H and O–H groups in total. The summed E-state index contributed by atoms with van der Waals surface area (Å²) in [5.74, 6) is 0. The molecule has 3 aromatic rings. The SMILES string of the molecule is CCCC(C)(C)n1cnc2c1c(=O)n(C)c(=O)n2C.c1cncc(C2CCCN2)c1. The number of nitrogens with zero attached hydrogens (tertiary/aromatic N) is 5. The molecule has 8 nitrogen and oxygen atoms in total. The third-order valence-electron chi connectivity index (χ3n) is 5.81. The minimum Gasteiger partial charge on any atom is -0.319 e. The van der Waals surface area contributed by atoms with Gasteiger partial charge in [0.15, 0.2) is 11.2 Å². The van der Waals surface area contributed by atoms with Crippen molar-refractivity contribution in [2.24, 2.45) is 14.1 Å². The molecular formula is C22H32N6O2. The number of hydrogen-bond donors (Lipinski definition) is 1. The van der Waals surface area contributed by atoms with E-state index in [1.807, 2.05) is 23.0 Å². The molecule has 1 aliphatic rings. The fourth-order valence-corrected chi connectivity index (χ4v) is 4.09. The highest BCUT2D eigenvalue weighted by Gasteiger charge is 2.24. The van der Waals surface area contributed by atoms with Crippen LogP contribution in [0.5, 0.6) is 0 Å². The molecule has 0 saturated carbocycles. The van der Waals surface area contributed by atoms with E-state index in [0.29, 0.717) is 17.2 Å². The van der Waals surface area contributed by atoms with Gasteiger partial charge in [-0.1, -0.05) is 19.4 Å². The Labute approximate surface area is 176 Å². The average molecular weight is 413 g/mol. The highest BCUT2D eigenvalue weighted by Crippen LogP contribution is 2.24. The first-order valence-electron chi connectivity index (χ1n) is 10.5. The number of pyridine rings is 1. The van der Waals surface area contributed by atoms with E-state index in [0.717, 1.165) is 24.0 Å². The van der Waals surface area contributed by atoms with Gasteiger partial charge in [0.05, 0.1) is 6.33 Å². The second-order valence-electron chi connectivity index (χ2n) is 8.49. The number of aromatic nitrogens is 5. The second kappa shape index (κ2) is 8.95. The van der Waals surface area contributed by atoms with Gasteiger partial charge in [-0.05, 0) is 51.3 Å². The van der Waals surface area contributed by atoms with E-state index in [1.165, 1.54) is 30.0 Å². The molecule has 4 heterocycles. The smallest absolute Gasteiger partial charge is 0.319 e. The summed E-state index contributed by atoms with van der Waals surface area (Å²) in [7, 11) is 3.13. The molecule has 0 aromatic carbocycles. The first-order chi connectivity index (χ1) is 14.3. The third kappa shape index (κ3) is 4.23. The van der Waals surface area contributed by atoms with Crippen LogP contribution >= 0.6 is 0 Å². The topological polar surface area (TPSA) is 86.7 Å². The monoisotopic (exact) mass is 412 g/mol. The van der Waals surface area contributed by atoms with Crippen LogP contribution < -0.4 is 16.6 Å². The lowest BCUT2D eigenvalue weighted by Gasteiger charge is -2.26. The quantitative estimate of drug-likeness (QED) is 0.711. The van der Waals surface area contributed by atoms with Crippen LogP contribution in [-0.4, -0.2) is 30.2 Å². The fraction of sp³-hybridized carbons (Fsp3) is 0.545. The van der Waals surface area contributed by atoms with E-state index in [1.54, 1.807) is 13.4 Å². The summed E-state index contributed by atoms with van der Waals surface area (Å²) in [4.78, 5) is 32.5. The molecule has 3 aromatic heterocycles. The van der Waals surface area contributed by atoms with Gasteiger partial charge in [0.25, 0.3) is 5.56 Å². The summed E-state index contributed by atoms with van der Waals surface area (Å²) >= 11 is 0. The number of hydrogen-bond acceptors (Lipinski definition) is 5. The van der Waals surface area contributed by atoms with E-state index in [9.17, 15) is 9.59 Å². The molecule has 30 heavy (non-hydrogen) atoms. The lowest BCUT2D eigenvalue weighted by Crippen LogP contribution is -2.39. The Balaban J connectivity index is 0.000000196. The van der Waals surface area contributed by atoms with Crippen molar-refractivity contribution in [3.05, 3.63) is 57.3 Å². The number of imidazole rings is 1. The standard InChI is InChI=1S/C13H20N4O2.C9H12N2/c1-6-7-13(2,3)17-8-14-10-9(17)11(18)16(5)12(19)15(10)4;1-3-8(7-10-5-1)9-4-2-6-11-9/h8H,6-7H2,1-5H3;1,3,5,7,9,11H,2,4,6H2. The maximum Gasteiger partial charge on any atom is 0.332 e. The summed E-state index contributed by atoms with van der Waals surface area (Å²) < 4.78 is 4.42. The molecule has 162 valence electrons. The van der Waals surface area contributed by atoms with Crippen molar-refractivity contribution in [3.63, 3.8) is 0 Å². The minimum absolute atomic E-state index is 0.201. The third-order valence-corrected chi connectivity index (χ3v) is 5.81. The van der Waals surface area contributed by atoms with Crippen LogP contribution in [0.4, 0.5) is 0 Å². The van der Waals surface area contributed by atoms with Gasteiger partial charge in [0, 0.05) is 38.1 Å². The van der Waals surface area contributed by atoms with Gasteiger partial charge in [0.1, 0.15) is 0 Å². The number of nitrogens with one attached hydrogen (secondary N) is 1. The van der Waals surface area contributed by atoms with Crippen LogP contribution in [-0.2, 0) is 19.6 Å². The van der Waals surface area contributed by atoms with Gasteiger partial charge >= 0.3 is 5.69 Å². The van der Waals surface area contributed by atoms with Gasteiger partial charge in [-0.25, -0.2) is 9.78 Å². The largest absolute Gasteiger partial charge is 0.332 e. The molecule has 1 fully saturated rings. The van der Waals surface area contributed by atoms with Crippen LogP contribution in [0.15, 0.2) is 40.4 Å². The Morgan fingerprint density at radius 1 is 1.23 bits per heavy atom. The number of aryl methyl sites for hydroxylation is 1. The van der Waals surface area contributed by atoms with E-state index in [4.69, 9.17) is 0 Å². The fourth-order valence-electron chi connectivity index (χ4n) is 4.09. The normalized spacial score (nSPS) is 16.5. The van der Waals surface area contributed by atoms with Crippen molar-refractivity contribution in [2.45, 2.75) is 58.0 Å². The maximum absolute atomic E-state index is 12.3. The van der Waals surface area contributed by atoms with Crippen LogP contribution in [0.1, 0.15) is 58.1 Å². The van der Waals surface area contributed by atoms with E-state index >= 15 is 0 Å². The molecule has 0 spiro atoms. The predicted molar refractivity (Wildman–Crippen MR) is 119 cm³/mol. The molecule has 0 aliphatic carbocycles. The second-order valence-corrected chi connectivity index (χ2v) is 8.49. The molecule has 1 atom stereocenters. The molecule has 0 bridgehead atoms. The average Bonchev–Trinajstić information content (AvgIpc) is 3.42. The summed E-state index contributed by atoms with van der Waals surface area (Å²) in [5, 5.41) is 3.43. The number of fused-ring (bicyclic) bond motifs is 1. The minimum atomic E-state index is -0.351. The van der Waals surface area contributed by atoms with Gasteiger partial charge in [-0.2, -0.15) is 0 Å². The molecule has 0 radical (unpaired) electrons. The lowest BCUT2D eigenvalue weighted by atomic mass is 9.98. The van der Waals surface area contributed by atoms with Gasteiger partial charge in [0.2, 0.25) is 0 Å². The van der Waals surface area contributed by atoms with Crippen LogP contribution in [0.3, 0.4) is 0 Å².